The molecular formula is C12H11ClN4O4S. The van der Waals surface area contributed by atoms with Crippen LogP contribution in [0, 0.1) is 5.92 Å². The highest BCUT2D eigenvalue weighted by Crippen LogP contribution is 2.27. The zero-order valence-electron chi connectivity index (χ0n) is 11.2. The molecule has 0 radical (unpaired) electrons. The minimum absolute atomic E-state index is 0.0401. The summed E-state index contributed by atoms with van der Waals surface area (Å²) >= 11 is 0. The van der Waals surface area contributed by atoms with Gasteiger partial charge in [0.1, 0.15) is 0 Å². The lowest BCUT2D eigenvalue weighted by Crippen LogP contribution is -2.25. The molecule has 0 bridgehead atoms. The number of rotatable bonds is 4. The van der Waals surface area contributed by atoms with Crippen LogP contribution in [0.15, 0.2) is 28.9 Å². The van der Waals surface area contributed by atoms with Gasteiger partial charge in [-0.3, -0.25) is 14.7 Å². The Hall–Kier alpha value is -2.00. The van der Waals surface area contributed by atoms with E-state index in [9.17, 15) is 13.2 Å². The van der Waals surface area contributed by atoms with Crippen molar-refractivity contribution in [3.05, 3.63) is 24.5 Å². The molecule has 22 heavy (non-hydrogen) atoms. The predicted molar refractivity (Wildman–Crippen MR) is 77.6 cm³/mol. The molecule has 1 saturated heterocycles. The van der Waals surface area contributed by atoms with Crippen LogP contribution in [0.3, 0.4) is 0 Å². The van der Waals surface area contributed by atoms with Gasteiger partial charge >= 0.3 is 6.01 Å². The summed E-state index contributed by atoms with van der Waals surface area (Å²) in [7, 11) is 1.57. The van der Waals surface area contributed by atoms with E-state index in [1.807, 2.05) is 0 Å². The Labute approximate surface area is 130 Å². The monoisotopic (exact) mass is 342 g/mol. The molecule has 3 rings (SSSR count). The van der Waals surface area contributed by atoms with Crippen LogP contribution in [0.5, 0.6) is 0 Å². The summed E-state index contributed by atoms with van der Waals surface area (Å²) in [5, 5.41) is 7.70. The normalized spacial score (nSPS) is 18.9. The van der Waals surface area contributed by atoms with E-state index in [-0.39, 0.29) is 42.4 Å². The Balaban J connectivity index is 1.78. The summed E-state index contributed by atoms with van der Waals surface area (Å²) in [5.41, 5.74) is 0.632. The highest BCUT2D eigenvalue weighted by molar-refractivity contribution is 8.13. The fourth-order valence-corrected chi connectivity index (χ4v) is 3.61. The summed E-state index contributed by atoms with van der Waals surface area (Å²) in [4.78, 5) is 17.2. The zero-order valence-corrected chi connectivity index (χ0v) is 12.8. The van der Waals surface area contributed by atoms with E-state index in [2.05, 4.69) is 15.2 Å². The maximum atomic E-state index is 12.0. The number of anilines is 1. The lowest BCUT2D eigenvalue weighted by atomic mass is 10.1. The second kappa shape index (κ2) is 5.65. The first-order valence-electron chi connectivity index (χ1n) is 6.39. The maximum Gasteiger partial charge on any atom is 0.325 e. The molecule has 1 fully saturated rings. The van der Waals surface area contributed by atoms with Crippen molar-refractivity contribution in [3.63, 3.8) is 0 Å². The molecule has 2 aromatic heterocycles. The first kappa shape index (κ1) is 14.9. The van der Waals surface area contributed by atoms with Crippen LogP contribution in [0.2, 0.25) is 0 Å². The summed E-state index contributed by atoms with van der Waals surface area (Å²) in [6.45, 7) is 0.180. The minimum atomic E-state index is -3.66. The van der Waals surface area contributed by atoms with Gasteiger partial charge in [-0.05, 0) is 12.1 Å². The smallest absolute Gasteiger partial charge is 0.325 e. The van der Waals surface area contributed by atoms with Gasteiger partial charge in [0.15, 0.2) is 0 Å². The van der Waals surface area contributed by atoms with Crippen molar-refractivity contribution in [2.24, 2.45) is 5.92 Å². The van der Waals surface area contributed by atoms with Crippen molar-refractivity contribution in [1.82, 2.24) is 15.2 Å². The molecule has 10 heteroatoms. The number of carbonyl (C=O) groups is 1. The Bertz CT molecular complexity index is 792. The van der Waals surface area contributed by atoms with Crippen LogP contribution in [-0.2, 0) is 13.8 Å². The number of hydrogen-bond acceptors (Lipinski definition) is 7. The van der Waals surface area contributed by atoms with Crippen molar-refractivity contribution in [3.8, 4) is 11.5 Å². The molecule has 2 aromatic rings. The van der Waals surface area contributed by atoms with Gasteiger partial charge in [0.2, 0.25) is 15.0 Å². The van der Waals surface area contributed by atoms with Gasteiger partial charge in [0, 0.05) is 42.0 Å². The fraction of sp³-hybridized carbons (Fsp3) is 0.333. The molecule has 116 valence electrons. The largest absolute Gasteiger partial charge is 0.403 e. The van der Waals surface area contributed by atoms with E-state index in [0.717, 1.165) is 0 Å². The molecule has 1 amide bonds. The first-order chi connectivity index (χ1) is 10.4. The number of pyridine rings is 1. The van der Waals surface area contributed by atoms with Crippen LogP contribution in [0.4, 0.5) is 6.01 Å². The molecular weight excluding hydrogens is 332 g/mol. The van der Waals surface area contributed by atoms with Gasteiger partial charge in [-0.15, -0.1) is 5.10 Å². The average molecular weight is 343 g/mol. The third-order valence-electron chi connectivity index (χ3n) is 3.19. The van der Waals surface area contributed by atoms with Crippen LogP contribution < -0.4 is 4.90 Å². The molecule has 0 N–H and O–H groups in total. The van der Waals surface area contributed by atoms with Gasteiger partial charge < -0.3 is 4.42 Å². The highest BCUT2D eigenvalue weighted by Gasteiger charge is 2.35. The Morgan fingerprint density at radius 2 is 2.23 bits per heavy atom. The van der Waals surface area contributed by atoms with E-state index >= 15 is 0 Å². The molecule has 1 aliphatic heterocycles. The number of amides is 1. The first-order valence-corrected chi connectivity index (χ1v) is 8.87. The van der Waals surface area contributed by atoms with E-state index in [1.54, 1.807) is 24.5 Å². The van der Waals surface area contributed by atoms with E-state index in [1.165, 1.54) is 4.90 Å². The quantitative estimate of drug-likeness (QED) is 0.764. The summed E-state index contributed by atoms with van der Waals surface area (Å²) in [5.74, 6) is -0.680. The van der Waals surface area contributed by atoms with Gasteiger partial charge in [-0.25, -0.2) is 8.42 Å². The van der Waals surface area contributed by atoms with E-state index in [4.69, 9.17) is 15.1 Å². The molecule has 0 aliphatic carbocycles. The standard InChI is InChI=1S/C12H11ClN4O4S/c13-22(19,20)7-8-4-10(18)17(6-8)12-16-15-11(21-12)9-2-1-3-14-5-9/h1-3,5,8H,4,6-7H2. The zero-order chi connectivity index (χ0) is 15.7. The molecule has 0 spiro atoms. The molecule has 0 aromatic carbocycles. The SMILES string of the molecule is O=C1CC(CS(=O)(=O)Cl)CN1c1nnc(-c2cccnc2)o1. The van der Waals surface area contributed by atoms with Crippen molar-refractivity contribution in [1.29, 1.82) is 0 Å². The summed E-state index contributed by atoms with van der Waals surface area (Å²) < 4.78 is 27.7. The second-order valence-electron chi connectivity index (χ2n) is 4.91. The van der Waals surface area contributed by atoms with Gasteiger partial charge in [0.25, 0.3) is 5.89 Å². The number of carbonyl (C=O) groups excluding carboxylic acids is 1. The number of hydrogen-bond donors (Lipinski definition) is 0. The maximum absolute atomic E-state index is 12.0. The van der Waals surface area contributed by atoms with Crippen molar-refractivity contribution in [2.75, 3.05) is 17.2 Å². The molecule has 1 aliphatic rings. The van der Waals surface area contributed by atoms with Crippen molar-refractivity contribution in [2.45, 2.75) is 6.42 Å². The number of aromatic nitrogens is 3. The minimum Gasteiger partial charge on any atom is -0.403 e. The van der Waals surface area contributed by atoms with Crippen LogP contribution in [0.25, 0.3) is 11.5 Å². The molecule has 3 heterocycles. The van der Waals surface area contributed by atoms with E-state index in [0.29, 0.717) is 5.56 Å². The fourth-order valence-electron chi connectivity index (χ4n) is 2.29. The highest BCUT2D eigenvalue weighted by atomic mass is 35.7. The third kappa shape index (κ3) is 3.25. The third-order valence-corrected chi connectivity index (χ3v) is 4.44. The van der Waals surface area contributed by atoms with Crippen LogP contribution in [0.1, 0.15) is 6.42 Å². The Kier molecular flexibility index (Phi) is 3.83. The lowest BCUT2D eigenvalue weighted by Gasteiger charge is -2.10. The Morgan fingerprint density at radius 3 is 2.91 bits per heavy atom. The van der Waals surface area contributed by atoms with Gasteiger partial charge in [-0.2, -0.15) is 0 Å². The van der Waals surface area contributed by atoms with Crippen molar-refractivity contribution >= 4 is 31.7 Å². The van der Waals surface area contributed by atoms with Gasteiger partial charge in [0.05, 0.1) is 11.3 Å². The topological polar surface area (TPSA) is 106 Å². The van der Waals surface area contributed by atoms with Crippen LogP contribution >= 0.6 is 10.7 Å². The number of nitrogens with zero attached hydrogens (tertiary/aromatic N) is 4. The average Bonchev–Trinajstić information content (AvgIpc) is 3.05. The lowest BCUT2D eigenvalue weighted by molar-refractivity contribution is -0.117. The Morgan fingerprint density at radius 1 is 1.41 bits per heavy atom. The summed E-state index contributed by atoms with van der Waals surface area (Å²) in [6, 6.07) is 3.51. The molecule has 0 saturated carbocycles. The number of halogens is 1. The van der Waals surface area contributed by atoms with Crippen LogP contribution in [-0.4, -0.2) is 41.8 Å². The molecule has 1 unspecified atom stereocenters. The molecule has 1 atom stereocenters. The van der Waals surface area contributed by atoms with Crippen molar-refractivity contribution < 1.29 is 17.6 Å². The predicted octanol–water partition coefficient (Wildman–Crippen LogP) is 1.05. The summed E-state index contributed by atoms with van der Waals surface area (Å²) in [6.07, 6.45) is 3.25. The van der Waals surface area contributed by atoms with Gasteiger partial charge in [-0.1, -0.05) is 5.10 Å². The molecule has 8 nitrogen and oxygen atoms in total. The second-order valence-corrected chi connectivity index (χ2v) is 7.73. The van der Waals surface area contributed by atoms with E-state index < -0.39 is 9.05 Å².